The van der Waals surface area contributed by atoms with E-state index >= 15 is 0 Å². The molecule has 1 aromatic carbocycles. The molecule has 2 aliphatic rings. The standard InChI is InChI=1S/C24H28N4/c1-4-10-19(11-5-1)21-18-23(28-16-8-3-9-17-28)26-24-20(21)12-13-22(25-24)27-14-6-2-7-15-27/h1,4-5,10-13,18H,2-3,6-9,14-17H2. The van der Waals surface area contributed by atoms with Crippen LogP contribution in [0.4, 0.5) is 11.6 Å². The fraction of sp³-hybridized carbons (Fsp3) is 0.417. The first-order chi connectivity index (χ1) is 13.9. The lowest BCUT2D eigenvalue weighted by Crippen LogP contribution is -2.31. The van der Waals surface area contributed by atoms with Crippen molar-refractivity contribution in [3.05, 3.63) is 48.5 Å². The van der Waals surface area contributed by atoms with Crippen molar-refractivity contribution in [2.24, 2.45) is 0 Å². The van der Waals surface area contributed by atoms with Crippen molar-refractivity contribution in [1.82, 2.24) is 9.97 Å². The molecule has 5 rings (SSSR count). The fourth-order valence-corrected chi connectivity index (χ4v) is 4.52. The number of benzene rings is 1. The van der Waals surface area contributed by atoms with E-state index in [0.717, 1.165) is 48.8 Å². The third-order valence-corrected chi connectivity index (χ3v) is 6.09. The highest BCUT2D eigenvalue weighted by atomic mass is 15.2. The van der Waals surface area contributed by atoms with E-state index in [9.17, 15) is 0 Å². The van der Waals surface area contributed by atoms with Crippen LogP contribution >= 0.6 is 0 Å². The van der Waals surface area contributed by atoms with Gasteiger partial charge in [-0.2, -0.15) is 0 Å². The summed E-state index contributed by atoms with van der Waals surface area (Å²) in [6.45, 7) is 4.41. The van der Waals surface area contributed by atoms with Crippen LogP contribution < -0.4 is 9.80 Å². The zero-order valence-corrected chi connectivity index (χ0v) is 16.5. The minimum Gasteiger partial charge on any atom is -0.357 e. The van der Waals surface area contributed by atoms with E-state index in [1.165, 1.54) is 49.7 Å². The van der Waals surface area contributed by atoms with Crippen LogP contribution in [0.15, 0.2) is 48.5 Å². The second-order valence-corrected chi connectivity index (χ2v) is 8.03. The lowest BCUT2D eigenvalue weighted by Gasteiger charge is -2.29. The number of fused-ring (bicyclic) bond motifs is 1. The highest BCUT2D eigenvalue weighted by Crippen LogP contribution is 2.33. The van der Waals surface area contributed by atoms with Crippen molar-refractivity contribution in [3.8, 4) is 11.1 Å². The van der Waals surface area contributed by atoms with Gasteiger partial charge in [0.2, 0.25) is 0 Å². The summed E-state index contributed by atoms with van der Waals surface area (Å²) >= 11 is 0. The summed E-state index contributed by atoms with van der Waals surface area (Å²) in [5.74, 6) is 2.16. The Hall–Kier alpha value is -2.62. The Labute approximate surface area is 167 Å². The number of hydrogen-bond acceptors (Lipinski definition) is 4. The van der Waals surface area contributed by atoms with Crippen molar-refractivity contribution in [2.45, 2.75) is 38.5 Å². The van der Waals surface area contributed by atoms with E-state index in [-0.39, 0.29) is 0 Å². The molecule has 0 saturated carbocycles. The van der Waals surface area contributed by atoms with Gasteiger partial charge in [-0.05, 0) is 67.9 Å². The van der Waals surface area contributed by atoms with Crippen LogP contribution in [-0.2, 0) is 0 Å². The Morgan fingerprint density at radius 2 is 1.21 bits per heavy atom. The molecule has 2 saturated heterocycles. The summed E-state index contributed by atoms with van der Waals surface area (Å²) < 4.78 is 0. The van der Waals surface area contributed by atoms with Crippen molar-refractivity contribution in [3.63, 3.8) is 0 Å². The molecule has 28 heavy (non-hydrogen) atoms. The molecule has 2 aromatic heterocycles. The van der Waals surface area contributed by atoms with Crippen LogP contribution in [0.3, 0.4) is 0 Å². The smallest absolute Gasteiger partial charge is 0.164 e. The lowest BCUT2D eigenvalue weighted by atomic mass is 10.0. The number of anilines is 2. The lowest BCUT2D eigenvalue weighted by molar-refractivity contribution is 0.572. The first-order valence-corrected chi connectivity index (χ1v) is 10.8. The molecular formula is C24H28N4. The molecule has 0 radical (unpaired) electrons. The molecule has 4 heterocycles. The van der Waals surface area contributed by atoms with Gasteiger partial charge in [0.1, 0.15) is 11.6 Å². The zero-order valence-electron chi connectivity index (χ0n) is 16.5. The van der Waals surface area contributed by atoms with E-state index < -0.39 is 0 Å². The first-order valence-electron chi connectivity index (χ1n) is 10.8. The molecule has 144 valence electrons. The summed E-state index contributed by atoms with van der Waals surface area (Å²) in [4.78, 5) is 14.9. The summed E-state index contributed by atoms with van der Waals surface area (Å²) in [5.41, 5.74) is 3.36. The predicted molar refractivity (Wildman–Crippen MR) is 117 cm³/mol. The first kappa shape index (κ1) is 17.5. The third kappa shape index (κ3) is 3.44. The van der Waals surface area contributed by atoms with Crippen LogP contribution in [0.1, 0.15) is 38.5 Å². The van der Waals surface area contributed by atoms with E-state index in [2.05, 4.69) is 58.3 Å². The molecular weight excluding hydrogens is 344 g/mol. The SMILES string of the molecule is c1ccc(-c2cc(N3CCCCC3)nc3nc(N4CCCCC4)ccc23)cc1. The van der Waals surface area contributed by atoms with Gasteiger partial charge >= 0.3 is 0 Å². The Morgan fingerprint density at radius 3 is 1.89 bits per heavy atom. The van der Waals surface area contributed by atoms with Crippen molar-refractivity contribution >= 4 is 22.7 Å². The predicted octanol–water partition coefficient (Wildman–Crippen LogP) is 5.28. The summed E-state index contributed by atoms with van der Waals surface area (Å²) in [7, 11) is 0. The van der Waals surface area contributed by atoms with Crippen molar-refractivity contribution in [2.75, 3.05) is 36.0 Å². The van der Waals surface area contributed by atoms with Gasteiger partial charge in [-0.25, -0.2) is 9.97 Å². The second kappa shape index (κ2) is 7.78. The minimum absolute atomic E-state index is 0.880. The van der Waals surface area contributed by atoms with Gasteiger partial charge in [0.15, 0.2) is 5.65 Å². The Bertz CT molecular complexity index is 936. The molecule has 4 heteroatoms. The van der Waals surface area contributed by atoms with Crippen LogP contribution in [0, 0.1) is 0 Å². The Kier molecular flexibility index (Phi) is 4.86. The van der Waals surface area contributed by atoms with Gasteiger partial charge in [-0.15, -0.1) is 0 Å². The van der Waals surface area contributed by atoms with E-state index in [1.54, 1.807) is 0 Å². The highest BCUT2D eigenvalue weighted by molar-refractivity contribution is 5.95. The zero-order chi connectivity index (χ0) is 18.8. The van der Waals surface area contributed by atoms with E-state index in [0.29, 0.717) is 0 Å². The molecule has 3 aromatic rings. The Morgan fingerprint density at radius 1 is 0.607 bits per heavy atom. The molecule has 0 N–H and O–H groups in total. The maximum Gasteiger partial charge on any atom is 0.164 e. The fourth-order valence-electron chi connectivity index (χ4n) is 4.52. The van der Waals surface area contributed by atoms with Gasteiger partial charge in [0.25, 0.3) is 0 Å². The molecule has 0 atom stereocenters. The number of aromatic nitrogens is 2. The van der Waals surface area contributed by atoms with Crippen LogP contribution in [0.5, 0.6) is 0 Å². The average Bonchev–Trinajstić information content (AvgIpc) is 2.79. The van der Waals surface area contributed by atoms with Crippen LogP contribution in [0.25, 0.3) is 22.2 Å². The molecule has 0 aliphatic carbocycles. The molecule has 2 aliphatic heterocycles. The monoisotopic (exact) mass is 372 g/mol. The molecule has 0 amide bonds. The number of rotatable bonds is 3. The summed E-state index contributed by atoms with van der Waals surface area (Å²) in [6, 6.07) is 17.3. The second-order valence-electron chi connectivity index (χ2n) is 8.03. The van der Waals surface area contributed by atoms with Gasteiger partial charge in [-0.1, -0.05) is 30.3 Å². The van der Waals surface area contributed by atoms with Crippen molar-refractivity contribution < 1.29 is 0 Å². The Balaban J connectivity index is 1.63. The van der Waals surface area contributed by atoms with E-state index in [4.69, 9.17) is 9.97 Å². The van der Waals surface area contributed by atoms with Crippen LogP contribution in [-0.4, -0.2) is 36.1 Å². The molecule has 0 unspecified atom stereocenters. The molecule has 0 spiro atoms. The summed E-state index contributed by atoms with van der Waals surface area (Å²) in [6.07, 6.45) is 7.68. The molecule has 0 bridgehead atoms. The largest absolute Gasteiger partial charge is 0.357 e. The maximum absolute atomic E-state index is 5.03. The van der Waals surface area contributed by atoms with Gasteiger partial charge in [0.05, 0.1) is 0 Å². The number of piperidine rings is 2. The molecule has 2 fully saturated rings. The van der Waals surface area contributed by atoms with Gasteiger partial charge in [0, 0.05) is 31.6 Å². The maximum atomic E-state index is 5.03. The third-order valence-electron chi connectivity index (χ3n) is 6.09. The average molecular weight is 373 g/mol. The van der Waals surface area contributed by atoms with Gasteiger partial charge < -0.3 is 9.80 Å². The topological polar surface area (TPSA) is 32.3 Å². The number of hydrogen-bond donors (Lipinski definition) is 0. The highest BCUT2D eigenvalue weighted by Gasteiger charge is 2.18. The normalized spacial score (nSPS) is 17.9. The van der Waals surface area contributed by atoms with Gasteiger partial charge in [-0.3, -0.25) is 0 Å². The van der Waals surface area contributed by atoms with Crippen LogP contribution in [0.2, 0.25) is 0 Å². The van der Waals surface area contributed by atoms with Crippen molar-refractivity contribution in [1.29, 1.82) is 0 Å². The van der Waals surface area contributed by atoms with E-state index in [1.807, 2.05) is 0 Å². The molecule has 4 nitrogen and oxygen atoms in total. The number of pyridine rings is 2. The summed E-state index contributed by atoms with van der Waals surface area (Å²) in [5, 5.41) is 1.15. The minimum atomic E-state index is 0.880. The number of nitrogens with zero attached hydrogens (tertiary/aromatic N) is 4. The quantitative estimate of drug-likeness (QED) is 0.626.